The molecule has 0 fully saturated rings. The fourth-order valence-corrected chi connectivity index (χ4v) is 0.744. The molecule has 0 unspecified atom stereocenters. The summed E-state index contributed by atoms with van der Waals surface area (Å²) in [5.74, 6) is 0. The number of carbonyl (C=O) groups excluding carboxylic acids is 2. The molecular weight excluding hydrogens is 142 g/mol. The Morgan fingerprint density at radius 2 is 2.18 bits per heavy atom. The summed E-state index contributed by atoms with van der Waals surface area (Å²) < 4.78 is 0. The van der Waals surface area contributed by atoms with Crippen molar-refractivity contribution in [3.05, 3.63) is 29.6 Å². The number of nitrogens with one attached hydrogen (secondary N) is 1. The first-order valence-corrected chi connectivity index (χ1v) is 3.12. The third-order valence-corrected chi connectivity index (χ3v) is 1.22. The fraction of sp³-hybridized carbons (Fsp3) is 0. The van der Waals surface area contributed by atoms with Gasteiger partial charge in [0.15, 0.2) is 6.29 Å². The van der Waals surface area contributed by atoms with E-state index in [0.29, 0.717) is 12.0 Å². The number of aldehydes is 2. The summed E-state index contributed by atoms with van der Waals surface area (Å²) in [6.45, 7) is 0. The standard InChI is InChI=1S/C8H7NO2/c10-3-1-2-7-4-8(6-11)9-5-7/h1-6,9H. The maximum Gasteiger partial charge on any atom is 0.166 e. The number of aromatic nitrogens is 1. The molecule has 0 amide bonds. The second kappa shape index (κ2) is 3.51. The second-order valence-electron chi connectivity index (χ2n) is 2.00. The molecule has 0 saturated heterocycles. The van der Waals surface area contributed by atoms with Gasteiger partial charge in [-0.25, -0.2) is 0 Å². The van der Waals surface area contributed by atoms with Crippen molar-refractivity contribution in [1.82, 2.24) is 4.98 Å². The lowest BCUT2D eigenvalue weighted by molar-refractivity contribution is -0.104. The summed E-state index contributed by atoms with van der Waals surface area (Å²) >= 11 is 0. The molecule has 1 N–H and O–H groups in total. The summed E-state index contributed by atoms with van der Waals surface area (Å²) in [6.07, 6.45) is 6.06. The molecule has 0 bridgehead atoms. The molecule has 11 heavy (non-hydrogen) atoms. The monoisotopic (exact) mass is 149 g/mol. The summed E-state index contributed by atoms with van der Waals surface area (Å²) in [7, 11) is 0. The molecule has 0 aliphatic carbocycles. The van der Waals surface area contributed by atoms with Crippen LogP contribution in [0.1, 0.15) is 16.1 Å². The van der Waals surface area contributed by atoms with E-state index in [4.69, 9.17) is 0 Å². The third kappa shape index (κ3) is 1.89. The molecule has 3 heteroatoms. The number of allylic oxidation sites excluding steroid dienone is 1. The summed E-state index contributed by atoms with van der Waals surface area (Å²) in [5.41, 5.74) is 1.33. The van der Waals surface area contributed by atoms with Gasteiger partial charge in [0.2, 0.25) is 0 Å². The Labute approximate surface area is 63.7 Å². The fourth-order valence-electron chi connectivity index (χ4n) is 0.744. The van der Waals surface area contributed by atoms with Gasteiger partial charge in [-0.3, -0.25) is 9.59 Å². The lowest BCUT2D eigenvalue weighted by Gasteiger charge is -1.75. The minimum absolute atomic E-state index is 0.510. The van der Waals surface area contributed by atoms with E-state index in [9.17, 15) is 9.59 Å². The minimum atomic E-state index is 0.510. The highest BCUT2D eigenvalue weighted by molar-refractivity contribution is 5.77. The quantitative estimate of drug-likeness (QED) is 0.515. The van der Waals surface area contributed by atoms with E-state index in [2.05, 4.69) is 4.98 Å². The van der Waals surface area contributed by atoms with Crippen molar-refractivity contribution in [1.29, 1.82) is 0 Å². The van der Waals surface area contributed by atoms with Gasteiger partial charge in [-0.2, -0.15) is 0 Å². The Morgan fingerprint density at radius 1 is 1.36 bits per heavy atom. The summed E-state index contributed by atoms with van der Waals surface area (Å²) in [5, 5.41) is 0. The molecule has 0 aliphatic heterocycles. The molecule has 3 nitrogen and oxygen atoms in total. The smallest absolute Gasteiger partial charge is 0.166 e. The highest BCUT2D eigenvalue weighted by atomic mass is 16.1. The zero-order chi connectivity index (χ0) is 8.10. The molecular formula is C8H7NO2. The van der Waals surface area contributed by atoms with Crippen LogP contribution in [0.15, 0.2) is 18.3 Å². The summed E-state index contributed by atoms with van der Waals surface area (Å²) in [4.78, 5) is 22.8. The van der Waals surface area contributed by atoms with Crippen molar-refractivity contribution in [2.45, 2.75) is 0 Å². The number of H-pyrrole nitrogens is 1. The normalized spacial score (nSPS) is 10.2. The number of aromatic amines is 1. The highest BCUT2D eigenvalue weighted by Crippen LogP contribution is 2.02. The van der Waals surface area contributed by atoms with Gasteiger partial charge in [0, 0.05) is 6.20 Å². The number of rotatable bonds is 3. The Morgan fingerprint density at radius 3 is 2.73 bits per heavy atom. The largest absolute Gasteiger partial charge is 0.358 e. The lowest BCUT2D eigenvalue weighted by atomic mass is 10.3. The molecule has 0 spiro atoms. The van der Waals surface area contributed by atoms with E-state index < -0.39 is 0 Å². The van der Waals surface area contributed by atoms with Crippen LogP contribution in [-0.4, -0.2) is 17.6 Å². The Balaban J connectivity index is 2.80. The van der Waals surface area contributed by atoms with Gasteiger partial charge >= 0.3 is 0 Å². The minimum Gasteiger partial charge on any atom is -0.358 e. The number of carbonyl (C=O) groups is 2. The van der Waals surface area contributed by atoms with Crippen LogP contribution in [0.4, 0.5) is 0 Å². The molecule has 0 aromatic carbocycles. The van der Waals surface area contributed by atoms with Crippen LogP contribution < -0.4 is 0 Å². The maximum absolute atomic E-state index is 10.2. The van der Waals surface area contributed by atoms with Gasteiger partial charge in [0.05, 0.1) is 5.69 Å². The van der Waals surface area contributed by atoms with E-state index in [-0.39, 0.29) is 0 Å². The van der Waals surface area contributed by atoms with Gasteiger partial charge in [0.25, 0.3) is 0 Å². The van der Waals surface area contributed by atoms with Crippen molar-refractivity contribution < 1.29 is 9.59 Å². The average Bonchev–Trinajstić information content (AvgIpc) is 2.48. The maximum atomic E-state index is 10.2. The molecule has 56 valence electrons. The van der Waals surface area contributed by atoms with Crippen molar-refractivity contribution in [3.8, 4) is 0 Å². The predicted octanol–water partition coefficient (Wildman–Crippen LogP) is 1.04. The van der Waals surface area contributed by atoms with Crippen LogP contribution in [0.2, 0.25) is 0 Å². The van der Waals surface area contributed by atoms with Gasteiger partial charge in [-0.15, -0.1) is 0 Å². The number of hydrogen-bond donors (Lipinski definition) is 1. The van der Waals surface area contributed by atoms with E-state index in [1.54, 1.807) is 18.3 Å². The van der Waals surface area contributed by atoms with Crippen LogP contribution in [0, 0.1) is 0 Å². The zero-order valence-corrected chi connectivity index (χ0v) is 5.78. The average molecular weight is 149 g/mol. The van der Waals surface area contributed by atoms with E-state index in [1.807, 2.05) is 0 Å². The van der Waals surface area contributed by atoms with Crippen LogP contribution in [0.3, 0.4) is 0 Å². The first-order chi connectivity index (χ1) is 5.36. The zero-order valence-electron chi connectivity index (χ0n) is 5.78. The van der Waals surface area contributed by atoms with Crippen molar-refractivity contribution in [2.24, 2.45) is 0 Å². The molecule has 1 aromatic heterocycles. The van der Waals surface area contributed by atoms with E-state index in [0.717, 1.165) is 11.8 Å². The van der Waals surface area contributed by atoms with Crippen LogP contribution in [-0.2, 0) is 4.79 Å². The number of hydrogen-bond acceptors (Lipinski definition) is 2. The van der Waals surface area contributed by atoms with Gasteiger partial charge in [0.1, 0.15) is 6.29 Å². The second-order valence-corrected chi connectivity index (χ2v) is 2.00. The first kappa shape index (κ1) is 7.47. The Kier molecular flexibility index (Phi) is 2.38. The van der Waals surface area contributed by atoms with Crippen molar-refractivity contribution in [3.63, 3.8) is 0 Å². The van der Waals surface area contributed by atoms with Crippen molar-refractivity contribution >= 4 is 18.6 Å². The molecule has 0 radical (unpaired) electrons. The molecule has 1 aromatic rings. The molecule has 1 heterocycles. The van der Waals surface area contributed by atoms with E-state index >= 15 is 0 Å². The highest BCUT2D eigenvalue weighted by Gasteiger charge is 1.91. The van der Waals surface area contributed by atoms with Crippen LogP contribution >= 0.6 is 0 Å². The molecule has 0 aliphatic rings. The Hall–Kier alpha value is -1.64. The molecule has 0 saturated carbocycles. The topological polar surface area (TPSA) is 49.9 Å². The first-order valence-electron chi connectivity index (χ1n) is 3.12. The molecule has 1 rings (SSSR count). The van der Waals surface area contributed by atoms with Gasteiger partial charge in [-0.1, -0.05) is 6.08 Å². The SMILES string of the molecule is O=CC=Cc1c[nH]c(C=O)c1. The van der Waals surface area contributed by atoms with Gasteiger partial charge < -0.3 is 4.98 Å². The summed E-state index contributed by atoms with van der Waals surface area (Å²) in [6, 6.07) is 1.66. The third-order valence-electron chi connectivity index (χ3n) is 1.22. The Bertz CT molecular complexity index is 286. The lowest BCUT2D eigenvalue weighted by Crippen LogP contribution is -1.72. The van der Waals surface area contributed by atoms with E-state index in [1.165, 1.54) is 6.08 Å². The van der Waals surface area contributed by atoms with Gasteiger partial charge in [-0.05, 0) is 17.7 Å². The van der Waals surface area contributed by atoms with Crippen molar-refractivity contribution in [2.75, 3.05) is 0 Å². The molecule has 0 atom stereocenters. The van der Waals surface area contributed by atoms with Crippen LogP contribution in [0.25, 0.3) is 6.08 Å². The predicted molar refractivity (Wildman–Crippen MR) is 41.3 cm³/mol. The van der Waals surface area contributed by atoms with Crippen LogP contribution in [0.5, 0.6) is 0 Å².